The van der Waals surface area contributed by atoms with E-state index in [4.69, 9.17) is 4.74 Å². The largest absolute Gasteiger partial charge is 0.491 e. The predicted molar refractivity (Wildman–Crippen MR) is 74.1 cm³/mol. The summed E-state index contributed by atoms with van der Waals surface area (Å²) in [5.74, 6) is 1.52. The van der Waals surface area contributed by atoms with E-state index in [-0.39, 0.29) is 11.9 Å². The summed E-state index contributed by atoms with van der Waals surface area (Å²) in [6.45, 7) is 0.573. The summed E-state index contributed by atoms with van der Waals surface area (Å²) in [7, 11) is 0. The van der Waals surface area contributed by atoms with Gasteiger partial charge in [-0.2, -0.15) is 0 Å². The SMILES string of the molecule is O=C(CC1C=CCC1)NC1COc2ccccc2C1. The van der Waals surface area contributed by atoms with Crippen molar-refractivity contribution in [1.82, 2.24) is 5.32 Å². The summed E-state index contributed by atoms with van der Waals surface area (Å²) in [5, 5.41) is 3.09. The molecule has 3 nitrogen and oxygen atoms in total. The zero-order valence-corrected chi connectivity index (χ0v) is 11.0. The topological polar surface area (TPSA) is 38.3 Å². The quantitative estimate of drug-likeness (QED) is 0.845. The number of carbonyl (C=O) groups is 1. The molecular weight excluding hydrogens is 238 g/mol. The van der Waals surface area contributed by atoms with E-state index in [1.165, 1.54) is 5.56 Å². The molecule has 1 aliphatic heterocycles. The van der Waals surface area contributed by atoms with Gasteiger partial charge in [-0.05, 0) is 36.8 Å². The number of nitrogens with one attached hydrogen (secondary N) is 1. The van der Waals surface area contributed by atoms with E-state index in [1.54, 1.807) is 0 Å². The molecule has 0 saturated carbocycles. The molecule has 19 heavy (non-hydrogen) atoms. The van der Waals surface area contributed by atoms with Gasteiger partial charge in [0.1, 0.15) is 12.4 Å². The van der Waals surface area contributed by atoms with Crippen molar-refractivity contribution in [2.24, 2.45) is 5.92 Å². The van der Waals surface area contributed by atoms with Crippen LogP contribution in [0.25, 0.3) is 0 Å². The number of rotatable bonds is 3. The summed E-state index contributed by atoms with van der Waals surface area (Å²) >= 11 is 0. The van der Waals surface area contributed by atoms with Crippen molar-refractivity contribution in [3.8, 4) is 5.75 Å². The minimum atomic E-state index is 0.104. The smallest absolute Gasteiger partial charge is 0.220 e. The van der Waals surface area contributed by atoms with Gasteiger partial charge in [-0.25, -0.2) is 0 Å². The van der Waals surface area contributed by atoms with E-state index < -0.39 is 0 Å². The molecule has 100 valence electrons. The molecule has 1 heterocycles. The van der Waals surface area contributed by atoms with Gasteiger partial charge in [-0.3, -0.25) is 4.79 Å². The number of allylic oxidation sites excluding steroid dienone is 2. The molecule has 2 unspecified atom stereocenters. The van der Waals surface area contributed by atoms with Gasteiger partial charge in [0.15, 0.2) is 0 Å². The Bertz CT molecular complexity index is 495. The molecule has 3 heteroatoms. The van der Waals surface area contributed by atoms with Crippen molar-refractivity contribution < 1.29 is 9.53 Å². The maximum absolute atomic E-state index is 12.0. The van der Waals surface area contributed by atoms with Crippen LogP contribution in [0.1, 0.15) is 24.8 Å². The fourth-order valence-electron chi connectivity index (χ4n) is 2.81. The minimum absolute atomic E-state index is 0.104. The van der Waals surface area contributed by atoms with Crippen LogP contribution in [0.15, 0.2) is 36.4 Å². The molecule has 1 aliphatic carbocycles. The van der Waals surface area contributed by atoms with Gasteiger partial charge < -0.3 is 10.1 Å². The average molecular weight is 257 g/mol. The van der Waals surface area contributed by atoms with Crippen LogP contribution in [0.4, 0.5) is 0 Å². The molecule has 0 bridgehead atoms. The Hall–Kier alpha value is -1.77. The Kier molecular flexibility index (Phi) is 3.53. The van der Waals surface area contributed by atoms with Gasteiger partial charge in [0, 0.05) is 6.42 Å². The molecule has 0 saturated heterocycles. The third-order valence-corrected chi connectivity index (χ3v) is 3.80. The standard InChI is InChI=1S/C16H19NO2/c18-16(9-12-5-1-2-6-12)17-14-10-13-7-3-4-8-15(13)19-11-14/h1,3-5,7-8,12,14H,2,6,9-11H2,(H,17,18). The molecule has 1 amide bonds. The van der Waals surface area contributed by atoms with Crippen LogP contribution >= 0.6 is 0 Å². The van der Waals surface area contributed by atoms with Crippen molar-refractivity contribution >= 4 is 5.91 Å². The molecule has 1 N–H and O–H groups in total. The summed E-state index contributed by atoms with van der Waals surface area (Å²) in [5.41, 5.74) is 1.18. The second kappa shape index (κ2) is 5.47. The lowest BCUT2D eigenvalue weighted by Crippen LogP contribution is -2.43. The first kappa shape index (κ1) is 12.3. The third-order valence-electron chi connectivity index (χ3n) is 3.80. The Morgan fingerprint density at radius 2 is 2.26 bits per heavy atom. The summed E-state index contributed by atoms with van der Waals surface area (Å²) in [6, 6.07) is 8.14. The summed E-state index contributed by atoms with van der Waals surface area (Å²) < 4.78 is 5.68. The molecule has 0 aromatic heterocycles. The van der Waals surface area contributed by atoms with E-state index in [1.807, 2.05) is 18.2 Å². The van der Waals surface area contributed by atoms with Crippen LogP contribution in [-0.2, 0) is 11.2 Å². The van der Waals surface area contributed by atoms with Crippen LogP contribution in [-0.4, -0.2) is 18.6 Å². The normalized spacial score (nSPS) is 24.6. The van der Waals surface area contributed by atoms with Crippen LogP contribution in [0.2, 0.25) is 0 Å². The van der Waals surface area contributed by atoms with Crippen molar-refractivity contribution in [3.05, 3.63) is 42.0 Å². The molecule has 0 radical (unpaired) electrons. The van der Waals surface area contributed by atoms with Gasteiger partial charge >= 0.3 is 0 Å². The fraction of sp³-hybridized carbons (Fsp3) is 0.438. The van der Waals surface area contributed by atoms with E-state index in [0.717, 1.165) is 25.0 Å². The lowest BCUT2D eigenvalue weighted by Gasteiger charge is -2.26. The lowest BCUT2D eigenvalue weighted by atomic mass is 10.0. The minimum Gasteiger partial charge on any atom is -0.491 e. The maximum atomic E-state index is 12.0. The molecule has 2 atom stereocenters. The molecule has 0 fully saturated rings. The summed E-state index contributed by atoms with van der Waals surface area (Å²) in [6.07, 6.45) is 8.01. The second-order valence-corrected chi connectivity index (χ2v) is 5.36. The van der Waals surface area contributed by atoms with Crippen molar-refractivity contribution in [2.45, 2.75) is 31.7 Å². The number of benzene rings is 1. The molecule has 1 aromatic rings. The Morgan fingerprint density at radius 3 is 3.11 bits per heavy atom. The highest BCUT2D eigenvalue weighted by Gasteiger charge is 2.22. The van der Waals surface area contributed by atoms with Gasteiger partial charge in [0.2, 0.25) is 5.91 Å². The molecule has 1 aromatic carbocycles. The molecular formula is C16H19NO2. The van der Waals surface area contributed by atoms with Gasteiger partial charge in [-0.1, -0.05) is 30.4 Å². The van der Waals surface area contributed by atoms with E-state index in [0.29, 0.717) is 18.9 Å². The number of hydrogen-bond donors (Lipinski definition) is 1. The molecule has 0 spiro atoms. The Balaban J connectivity index is 1.54. The average Bonchev–Trinajstić information content (AvgIpc) is 2.91. The van der Waals surface area contributed by atoms with Crippen molar-refractivity contribution in [1.29, 1.82) is 0 Å². The Morgan fingerprint density at radius 1 is 1.37 bits per heavy atom. The van der Waals surface area contributed by atoms with Gasteiger partial charge in [0.05, 0.1) is 6.04 Å². The monoisotopic (exact) mass is 257 g/mol. The number of ether oxygens (including phenoxy) is 1. The first-order valence-corrected chi connectivity index (χ1v) is 6.98. The van der Waals surface area contributed by atoms with E-state index >= 15 is 0 Å². The maximum Gasteiger partial charge on any atom is 0.220 e. The predicted octanol–water partition coefficient (Wildman–Crippen LogP) is 2.46. The highest BCUT2D eigenvalue weighted by Crippen LogP contribution is 2.24. The zero-order valence-electron chi connectivity index (χ0n) is 11.0. The number of fused-ring (bicyclic) bond motifs is 1. The number of amides is 1. The van der Waals surface area contributed by atoms with Crippen molar-refractivity contribution in [2.75, 3.05) is 6.61 Å². The first-order valence-electron chi connectivity index (χ1n) is 6.98. The second-order valence-electron chi connectivity index (χ2n) is 5.36. The van der Waals surface area contributed by atoms with Gasteiger partial charge in [-0.15, -0.1) is 0 Å². The lowest BCUT2D eigenvalue weighted by molar-refractivity contribution is -0.122. The fourth-order valence-corrected chi connectivity index (χ4v) is 2.81. The number of carbonyl (C=O) groups excluding carboxylic acids is 1. The third kappa shape index (κ3) is 2.98. The Labute approximate surface area is 113 Å². The summed E-state index contributed by atoms with van der Waals surface area (Å²) in [4.78, 5) is 12.0. The van der Waals surface area contributed by atoms with Crippen LogP contribution in [0, 0.1) is 5.92 Å². The van der Waals surface area contributed by atoms with Crippen LogP contribution < -0.4 is 10.1 Å². The van der Waals surface area contributed by atoms with E-state index in [2.05, 4.69) is 23.5 Å². The zero-order chi connectivity index (χ0) is 13.1. The van der Waals surface area contributed by atoms with Crippen LogP contribution in [0.3, 0.4) is 0 Å². The highest BCUT2D eigenvalue weighted by atomic mass is 16.5. The number of hydrogen-bond acceptors (Lipinski definition) is 2. The van der Waals surface area contributed by atoms with Crippen LogP contribution in [0.5, 0.6) is 5.75 Å². The first-order chi connectivity index (χ1) is 9.31. The molecule has 3 rings (SSSR count). The van der Waals surface area contributed by atoms with E-state index in [9.17, 15) is 4.79 Å². The highest BCUT2D eigenvalue weighted by molar-refractivity contribution is 5.77. The molecule has 2 aliphatic rings. The van der Waals surface area contributed by atoms with Gasteiger partial charge in [0.25, 0.3) is 0 Å². The number of para-hydroxylation sites is 1. The van der Waals surface area contributed by atoms with Crippen molar-refractivity contribution in [3.63, 3.8) is 0 Å².